The van der Waals surface area contributed by atoms with Crippen LogP contribution in [0, 0.1) is 0 Å². The molecule has 2 heterocycles. The molecule has 2 aromatic heterocycles. The van der Waals surface area contributed by atoms with E-state index in [4.69, 9.17) is 18.7 Å². The summed E-state index contributed by atoms with van der Waals surface area (Å²) in [6.07, 6.45) is 1.43. The lowest BCUT2D eigenvalue weighted by Crippen LogP contribution is -2.13. The highest BCUT2D eigenvalue weighted by Crippen LogP contribution is 2.36. The maximum absolute atomic E-state index is 13.1. The van der Waals surface area contributed by atoms with E-state index in [0.717, 1.165) is 10.8 Å². The highest BCUT2D eigenvalue weighted by molar-refractivity contribution is 6.12. The van der Waals surface area contributed by atoms with Crippen LogP contribution in [0.5, 0.6) is 23.1 Å². The highest BCUT2D eigenvalue weighted by Gasteiger charge is 2.21. The zero-order valence-electron chi connectivity index (χ0n) is 21.2. The summed E-state index contributed by atoms with van der Waals surface area (Å²) in [5, 5.41) is 9.08. The van der Waals surface area contributed by atoms with Crippen molar-refractivity contribution in [3.05, 3.63) is 72.2 Å². The number of carbonyl (C=O) groups is 1. The average molecular weight is 499 g/mol. The molecule has 1 amide bonds. The van der Waals surface area contributed by atoms with Crippen molar-refractivity contribution in [3.8, 4) is 23.1 Å². The normalized spacial score (nSPS) is 11.5. The number of nitrogens with zero attached hydrogens (tertiary/aromatic N) is 3. The molecule has 5 rings (SSSR count). The Bertz CT molecular complexity index is 1620. The monoisotopic (exact) mass is 498 g/mol. The van der Waals surface area contributed by atoms with Gasteiger partial charge in [0.2, 0.25) is 5.88 Å². The lowest BCUT2D eigenvalue weighted by Gasteiger charge is -2.12. The zero-order chi connectivity index (χ0) is 26.2. The molecular weight excluding hydrogens is 472 g/mol. The number of benzene rings is 3. The molecule has 0 aliphatic heterocycles. The molecule has 0 aliphatic carbocycles. The number of anilines is 1. The van der Waals surface area contributed by atoms with Gasteiger partial charge in [0.25, 0.3) is 5.91 Å². The van der Waals surface area contributed by atoms with Gasteiger partial charge in [0.1, 0.15) is 17.8 Å². The van der Waals surface area contributed by atoms with Gasteiger partial charge < -0.3 is 24.1 Å². The van der Waals surface area contributed by atoms with Gasteiger partial charge >= 0.3 is 0 Å². The maximum atomic E-state index is 13.1. The Morgan fingerprint density at radius 2 is 1.70 bits per heavy atom. The Morgan fingerprint density at radius 1 is 0.919 bits per heavy atom. The highest BCUT2D eigenvalue weighted by atomic mass is 16.5. The number of fused-ring (bicyclic) bond motifs is 2. The number of aromatic nitrogens is 3. The molecule has 188 valence electrons. The summed E-state index contributed by atoms with van der Waals surface area (Å²) in [5.74, 6) is 2.83. The SMILES string of the molecule is COc1cc2ncnc(Oc3ccc4c(C(=O)Nc5cc(C(C)(C)C)on5)cccc4c3)c2cc1OC. The third kappa shape index (κ3) is 4.75. The van der Waals surface area contributed by atoms with Gasteiger partial charge in [-0.15, -0.1) is 0 Å². The maximum Gasteiger partial charge on any atom is 0.257 e. The molecule has 3 aromatic carbocycles. The molecule has 0 saturated carbocycles. The Labute approximate surface area is 213 Å². The third-order valence-electron chi connectivity index (χ3n) is 5.91. The topological polar surface area (TPSA) is 109 Å². The fraction of sp³-hybridized carbons (Fsp3) is 0.214. The summed E-state index contributed by atoms with van der Waals surface area (Å²) in [6, 6.07) is 16.3. The quantitative estimate of drug-likeness (QED) is 0.298. The molecule has 0 bridgehead atoms. The first-order chi connectivity index (χ1) is 17.8. The van der Waals surface area contributed by atoms with Crippen molar-refractivity contribution >= 4 is 33.4 Å². The predicted octanol–water partition coefficient (Wildman–Crippen LogP) is 6.13. The number of ether oxygens (including phenoxy) is 3. The smallest absolute Gasteiger partial charge is 0.257 e. The van der Waals surface area contributed by atoms with Crippen LogP contribution in [0.4, 0.5) is 5.82 Å². The van der Waals surface area contributed by atoms with Crippen LogP contribution in [0.3, 0.4) is 0 Å². The van der Waals surface area contributed by atoms with E-state index in [-0.39, 0.29) is 11.3 Å². The summed E-state index contributed by atoms with van der Waals surface area (Å²) in [6.45, 7) is 6.04. The number of nitrogens with one attached hydrogen (secondary N) is 1. The van der Waals surface area contributed by atoms with Crippen LogP contribution in [0.25, 0.3) is 21.7 Å². The van der Waals surface area contributed by atoms with Crippen molar-refractivity contribution in [2.24, 2.45) is 0 Å². The summed E-state index contributed by atoms with van der Waals surface area (Å²) >= 11 is 0. The first kappa shape index (κ1) is 24.1. The lowest BCUT2D eigenvalue weighted by molar-refractivity contribution is 0.102. The van der Waals surface area contributed by atoms with E-state index in [9.17, 15) is 4.79 Å². The van der Waals surface area contributed by atoms with Crippen LogP contribution in [-0.4, -0.2) is 35.3 Å². The van der Waals surface area contributed by atoms with Crippen LogP contribution >= 0.6 is 0 Å². The van der Waals surface area contributed by atoms with Crippen molar-refractivity contribution in [1.82, 2.24) is 15.1 Å². The van der Waals surface area contributed by atoms with E-state index >= 15 is 0 Å². The van der Waals surface area contributed by atoms with Crippen LogP contribution < -0.4 is 19.5 Å². The predicted molar refractivity (Wildman–Crippen MR) is 140 cm³/mol. The second-order valence-electron chi connectivity index (χ2n) is 9.47. The summed E-state index contributed by atoms with van der Waals surface area (Å²) in [5.41, 5.74) is 0.955. The first-order valence-electron chi connectivity index (χ1n) is 11.6. The summed E-state index contributed by atoms with van der Waals surface area (Å²) in [4.78, 5) is 21.7. The molecule has 5 aromatic rings. The lowest BCUT2D eigenvalue weighted by atomic mass is 9.93. The Balaban J connectivity index is 1.44. The van der Waals surface area contributed by atoms with Gasteiger partial charge in [-0.1, -0.05) is 38.1 Å². The van der Waals surface area contributed by atoms with Gasteiger partial charge in [-0.25, -0.2) is 9.97 Å². The second-order valence-corrected chi connectivity index (χ2v) is 9.47. The third-order valence-corrected chi connectivity index (χ3v) is 5.91. The largest absolute Gasteiger partial charge is 0.493 e. The Morgan fingerprint density at radius 3 is 2.43 bits per heavy atom. The zero-order valence-corrected chi connectivity index (χ0v) is 21.2. The Hall–Kier alpha value is -4.66. The van der Waals surface area contributed by atoms with Gasteiger partial charge in [-0.3, -0.25) is 4.79 Å². The van der Waals surface area contributed by atoms with E-state index in [1.54, 1.807) is 44.6 Å². The fourth-order valence-electron chi connectivity index (χ4n) is 3.95. The van der Waals surface area contributed by atoms with Gasteiger partial charge in [0, 0.05) is 23.1 Å². The van der Waals surface area contributed by atoms with E-state index in [0.29, 0.717) is 51.2 Å². The fourth-order valence-corrected chi connectivity index (χ4v) is 3.95. The van der Waals surface area contributed by atoms with Crippen molar-refractivity contribution in [2.45, 2.75) is 26.2 Å². The number of amides is 1. The van der Waals surface area contributed by atoms with Crippen LogP contribution in [0.1, 0.15) is 36.9 Å². The number of rotatable bonds is 6. The minimum Gasteiger partial charge on any atom is -0.493 e. The molecule has 0 radical (unpaired) electrons. The van der Waals surface area contributed by atoms with Crippen LogP contribution in [0.15, 0.2) is 65.4 Å². The summed E-state index contributed by atoms with van der Waals surface area (Å²) in [7, 11) is 3.14. The van der Waals surface area contributed by atoms with Crippen molar-refractivity contribution in [1.29, 1.82) is 0 Å². The number of methoxy groups -OCH3 is 2. The van der Waals surface area contributed by atoms with Gasteiger partial charge in [-0.2, -0.15) is 0 Å². The molecule has 0 aliphatic rings. The van der Waals surface area contributed by atoms with Crippen molar-refractivity contribution < 1.29 is 23.5 Å². The number of carbonyl (C=O) groups excluding carboxylic acids is 1. The molecular formula is C28H26N4O5. The second kappa shape index (κ2) is 9.42. The number of hydrogen-bond donors (Lipinski definition) is 1. The van der Waals surface area contributed by atoms with Crippen LogP contribution in [-0.2, 0) is 5.41 Å². The van der Waals surface area contributed by atoms with E-state index in [2.05, 4.69) is 20.4 Å². The van der Waals surface area contributed by atoms with Crippen molar-refractivity contribution in [3.63, 3.8) is 0 Å². The number of hydrogen-bond acceptors (Lipinski definition) is 8. The molecule has 0 spiro atoms. The van der Waals surface area contributed by atoms with Gasteiger partial charge in [-0.05, 0) is 41.1 Å². The molecule has 37 heavy (non-hydrogen) atoms. The standard InChI is InChI=1S/C28H26N4O5/c1-28(2,3)24-14-25(32-37-24)31-26(33)19-8-6-7-16-11-17(9-10-18(16)19)36-27-20-12-22(34-4)23(35-5)13-21(20)29-15-30-27/h6-15H,1-5H3,(H,31,32,33). The average Bonchev–Trinajstić information content (AvgIpc) is 3.36. The first-order valence-corrected chi connectivity index (χ1v) is 11.6. The van der Waals surface area contributed by atoms with Crippen LogP contribution in [0.2, 0.25) is 0 Å². The molecule has 9 heteroatoms. The minimum absolute atomic E-state index is 0.210. The molecule has 1 N–H and O–H groups in total. The molecule has 0 unspecified atom stereocenters. The van der Waals surface area contributed by atoms with E-state index in [1.807, 2.05) is 45.0 Å². The molecule has 0 atom stereocenters. The van der Waals surface area contributed by atoms with E-state index in [1.165, 1.54) is 6.33 Å². The molecule has 0 fully saturated rings. The molecule has 9 nitrogen and oxygen atoms in total. The van der Waals surface area contributed by atoms with Gasteiger partial charge in [0.05, 0.1) is 25.1 Å². The van der Waals surface area contributed by atoms with E-state index < -0.39 is 0 Å². The van der Waals surface area contributed by atoms with Gasteiger partial charge in [0.15, 0.2) is 17.3 Å². The molecule has 0 saturated heterocycles. The van der Waals surface area contributed by atoms with Crippen molar-refractivity contribution in [2.75, 3.05) is 19.5 Å². The Kier molecular flexibility index (Phi) is 6.12. The minimum atomic E-state index is -0.282. The summed E-state index contributed by atoms with van der Waals surface area (Å²) < 4.78 is 22.3.